The van der Waals surface area contributed by atoms with Crippen molar-refractivity contribution < 1.29 is 14.7 Å². The number of hydrogen-bond donors (Lipinski definition) is 1. The van der Waals surface area contributed by atoms with E-state index in [0.29, 0.717) is 5.01 Å². The maximum absolute atomic E-state index is 12.2. The Morgan fingerprint density at radius 3 is 2.58 bits per heavy atom. The number of carboxylic acid groups (broad SMARTS) is 1. The zero-order valence-electron chi connectivity index (χ0n) is 11.0. The minimum absolute atomic E-state index is 0.240. The molecule has 6 heteroatoms. The Bertz CT molecular complexity index is 523. The van der Waals surface area contributed by atoms with Gasteiger partial charge in [0.05, 0.1) is 5.69 Å². The lowest BCUT2D eigenvalue weighted by Gasteiger charge is -2.06. The van der Waals surface area contributed by atoms with Crippen LogP contribution in [0.3, 0.4) is 0 Å². The highest BCUT2D eigenvalue weighted by atomic mass is 32.1. The largest absolute Gasteiger partial charge is 0.477 e. The summed E-state index contributed by atoms with van der Waals surface area (Å²) in [5, 5.41) is 9.41. The van der Waals surface area contributed by atoms with E-state index < -0.39 is 11.8 Å². The first kappa shape index (κ1) is 13.7. The second kappa shape index (κ2) is 5.52. The van der Waals surface area contributed by atoms with Crippen molar-refractivity contribution in [2.24, 2.45) is 0 Å². The minimum Gasteiger partial charge on any atom is -0.477 e. The number of carbonyl (C=O) groups excluding carboxylic acids is 1. The summed E-state index contributed by atoms with van der Waals surface area (Å²) < 4.78 is 0. The number of ketones is 1. The molecule has 1 heterocycles. The fourth-order valence-corrected chi connectivity index (χ4v) is 3.14. The van der Waals surface area contributed by atoms with Crippen LogP contribution in [0.1, 0.15) is 33.2 Å². The fourth-order valence-electron chi connectivity index (χ4n) is 2.03. The van der Waals surface area contributed by atoms with E-state index in [-0.39, 0.29) is 5.57 Å². The normalized spacial score (nSPS) is 14.9. The Kier molecular flexibility index (Phi) is 3.99. The van der Waals surface area contributed by atoms with E-state index in [1.807, 2.05) is 0 Å². The molecule has 1 aromatic heterocycles. The molecule has 0 atom stereocenters. The summed E-state index contributed by atoms with van der Waals surface area (Å²) in [5.41, 5.74) is 0.727. The monoisotopic (exact) mass is 280 g/mol. The van der Waals surface area contributed by atoms with Gasteiger partial charge >= 0.3 is 5.97 Å². The van der Waals surface area contributed by atoms with Crippen LogP contribution < -0.4 is 0 Å². The Hall–Kier alpha value is -1.69. The standard InChI is InChI=1S/C13H16N2O3S/c1-15(2)7-8(13(17)18)11(16)12-14-9-5-3-4-6-10(9)19-12/h7H,3-6H2,1-2H3,(H,17,18). The van der Waals surface area contributed by atoms with Gasteiger partial charge in [-0.05, 0) is 25.7 Å². The molecule has 1 N–H and O–H groups in total. The molecule has 1 aromatic rings. The Labute approximate surface area is 115 Å². The summed E-state index contributed by atoms with van der Waals surface area (Å²) in [6.45, 7) is 0. The SMILES string of the molecule is CN(C)C=C(C(=O)O)C(=O)c1nc2c(s1)CCCC2. The van der Waals surface area contributed by atoms with Crippen molar-refractivity contribution in [1.82, 2.24) is 9.88 Å². The molecule has 0 fully saturated rings. The van der Waals surface area contributed by atoms with Crippen LogP contribution in [0.5, 0.6) is 0 Å². The van der Waals surface area contributed by atoms with E-state index in [2.05, 4.69) is 4.98 Å². The van der Waals surface area contributed by atoms with Gasteiger partial charge < -0.3 is 10.0 Å². The quantitative estimate of drug-likeness (QED) is 0.394. The van der Waals surface area contributed by atoms with Crippen LogP contribution in [0, 0.1) is 0 Å². The predicted molar refractivity (Wildman–Crippen MR) is 72.5 cm³/mol. The summed E-state index contributed by atoms with van der Waals surface area (Å²) >= 11 is 1.33. The molecular weight excluding hydrogens is 264 g/mol. The lowest BCUT2D eigenvalue weighted by molar-refractivity contribution is -0.132. The van der Waals surface area contributed by atoms with E-state index in [1.165, 1.54) is 17.5 Å². The third-order valence-corrected chi connectivity index (χ3v) is 4.06. The van der Waals surface area contributed by atoms with Crippen LogP contribution in [0.2, 0.25) is 0 Å². The van der Waals surface area contributed by atoms with Crippen LogP contribution >= 0.6 is 11.3 Å². The number of aliphatic carboxylic acids is 1. The summed E-state index contributed by atoms with van der Waals surface area (Å²) in [6.07, 6.45) is 5.36. The molecule has 0 amide bonds. The first-order valence-corrected chi connectivity index (χ1v) is 6.95. The number of carboxylic acids is 1. The van der Waals surface area contributed by atoms with Gasteiger partial charge in [0.1, 0.15) is 5.57 Å². The predicted octanol–water partition coefficient (Wildman–Crippen LogP) is 1.73. The molecule has 0 radical (unpaired) electrons. The number of fused-ring (bicyclic) bond motifs is 1. The molecule has 1 aliphatic rings. The molecule has 1 aliphatic carbocycles. The van der Waals surface area contributed by atoms with E-state index in [1.54, 1.807) is 19.0 Å². The summed E-state index contributed by atoms with van der Waals surface area (Å²) in [6, 6.07) is 0. The molecule has 102 valence electrons. The highest BCUT2D eigenvalue weighted by Crippen LogP contribution is 2.28. The Morgan fingerprint density at radius 1 is 1.32 bits per heavy atom. The van der Waals surface area contributed by atoms with Gasteiger partial charge in [-0.2, -0.15) is 0 Å². The summed E-state index contributed by atoms with van der Waals surface area (Å²) in [4.78, 5) is 30.4. The minimum atomic E-state index is -1.22. The van der Waals surface area contributed by atoms with Crippen molar-refractivity contribution in [3.8, 4) is 0 Å². The molecule has 0 aromatic carbocycles. The van der Waals surface area contributed by atoms with Gasteiger partial charge in [-0.1, -0.05) is 0 Å². The maximum atomic E-state index is 12.2. The smallest absolute Gasteiger partial charge is 0.341 e. The zero-order chi connectivity index (χ0) is 14.0. The van der Waals surface area contributed by atoms with Crippen LogP contribution in [0.25, 0.3) is 0 Å². The number of rotatable bonds is 4. The van der Waals surface area contributed by atoms with Crippen LogP contribution in [0.15, 0.2) is 11.8 Å². The van der Waals surface area contributed by atoms with Crippen molar-refractivity contribution in [2.45, 2.75) is 25.7 Å². The molecule has 0 bridgehead atoms. The fraction of sp³-hybridized carbons (Fsp3) is 0.462. The average Bonchev–Trinajstić information content (AvgIpc) is 2.78. The average molecular weight is 280 g/mol. The maximum Gasteiger partial charge on any atom is 0.341 e. The second-order valence-electron chi connectivity index (χ2n) is 4.74. The number of nitrogens with zero attached hydrogens (tertiary/aromatic N) is 2. The Balaban J connectivity index is 2.32. The van der Waals surface area contributed by atoms with Crippen LogP contribution in [0.4, 0.5) is 0 Å². The lowest BCUT2D eigenvalue weighted by atomic mass is 10.0. The molecular formula is C13H16N2O3S. The van der Waals surface area contributed by atoms with Crippen molar-refractivity contribution >= 4 is 23.1 Å². The number of aryl methyl sites for hydroxylation is 2. The molecule has 5 nitrogen and oxygen atoms in total. The van der Waals surface area contributed by atoms with Gasteiger partial charge in [0.25, 0.3) is 0 Å². The van der Waals surface area contributed by atoms with Gasteiger partial charge in [0.15, 0.2) is 5.01 Å². The van der Waals surface area contributed by atoms with Crippen LogP contribution in [-0.4, -0.2) is 40.8 Å². The molecule has 0 saturated carbocycles. The van der Waals surface area contributed by atoms with Gasteiger partial charge in [-0.3, -0.25) is 4.79 Å². The molecule has 2 rings (SSSR count). The number of thiazole rings is 1. The number of hydrogen-bond acceptors (Lipinski definition) is 5. The zero-order valence-corrected chi connectivity index (χ0v) is 11.8. The number of aromatic nitrogens is 1. The first-order chi connectivity index (χ1) is 8.99. The van der Waals surface area contributed by atoms with E-state index >= 15 is 0 Å². The molecule has 0 unspecified atom stereocenters. The number of carbonyl (C=O) groups is 2. The summed E-state index contributed by atoms with van der Waals surface area (Å²) in [5.74, 6) is -1.72. The van der Waals surface area contributed by atoms with Gasteiger partial charge in [0, 0.05) is 25.2 Å². The van der Waals surface area contributed by atoms with Gasteiger partial charge in [0.2, 0.25) is 5.78 Å². The molecule has 0 saturated heterocycles. The summed E-state index contributed by atoms with van der Waals surface area (Å²) in [7, 11) is 3.37. The van der Waals surface area contributed by atoms with Gasteiger partial charge in [-0.25, -0.2) is 9.78 Å². The van der Waals surface area contributed by atoms with Crippen LogP contribution in [-0.2, 0) is 17.6 Å². The molecule has 0 spiro atoms. The van der Waals surface area contributed by atoms with E-state index in [0.717, 1.165) is 36.3 Å². The highest BCUT2D eigenvalue weighted by Gasteiger charge is 2.25. The first-order valence-electron chi connectivity index (χ1n) is 6.14. The highest BCUT2D eigenvalue weighted by molar-refractivity contribution is 7.14. The molecule has 0 aliphatic heterocycles. The molecule has 19 heavy (non-hydrogen) atoms. The lowest BCUT2D eigenvalue weighted by Crippen LogP contribution is -2.16. The topological polar surface area (TPSA) is 70.5 Å². The Morgan fingerprint density at radius 2 is 2.00 bits per heavy atom. The van der Waals surface area contributed by atoms with Crippen molar-refractivity contribution in [3.05, 3.63) is 27.4 Å². The third kappa shape index (κ3) is 3.01. The van der Waals surface area contributed by atoms with Crippen molar-refractivity contribution in [2.75, 3.05) is 14.1 Å². The van der Waals surface area contributed by atoms with E-state index in [9.17, 15) is 9.59 Å². The third-order valence-electron chi connectivity index (χ3n) is 2.90. The van der Waals surface area contributed by atoms with Crippen molar-refractivity contribution in [3.63, 3.8) is 0 Å². The second-order valence-corrected chi connectivity index (χ2v) is 5.82. The van der Waals surface area contributed by atoms with Gasteiger partial charge in [-0.15, -0.1) is 11.3 Å². The van der Waals surface area contributed by atoms with E-state index in [4.69, 9.17) is 5.11 Å². The number of Topliss-reactive ketones (excluding diaryl/α,β-unsaturated/α-hetero) is 1. The van der Waals surface area contributed by atoms with Crippen molar-refractivity contribution in [1.29, 1.82) is 0 Å².